The maximum Gasteiger partial charge on any atom is 0.0825 e. The number of halogens is 1. The maximum absolute atomic E-state index is 5.74. The molecule has 1 aliphatic carbocycles. The zero-order valence-electron chi connectivity index (χ0n) is 13.0. The molecule has 0 amide bonds. The van der Waals surface area contributed by atoms with E-state index in [2.05, 4.69) is 51.3 Å². The number of benzene rings is 1. The number of rotatable bonds is 5. The lowest BCUT2D eigenvalue weighted by molar-refractivity contribution is -0.00468. The minimum absolute atomic E-state index is 0.0213. The summed E-state index contributed by atoms with van der Waals surface area (Å²) in [7, 11) is 1.83. The molecule has 1 saturated heterocycles. The van der Waals surface area contributed by atoms with Gasteiger partial charge in [-0.15, -0.1) is 0 Å². The molecule has 116 valence electrons. The van der Waals surface area contributed by atoms with Crippen molar-refractivity contribution in [1.82, 2.24) is 5.32 Å². The van der Waals surface area contributed by atoms with Crippen molar-refractivity contribution in [3.8, 4) is 0 Å². The number of piperidine rings is 1. The van der Waals surface area contributed by atoms with Crippen molar-refractivity contribution in [2.75, 3.05) is 25.1 Å². The van der Waals surface area contributed by atoms with E-state index < -0.39 is 0 Å². The molecule has 3 nitrogen and oxygen atoms in total. The summed E-state index contributed by atoms with van der Waals surface area (Å²) in [6.45, 7) is 5.28. The summed E-state index contributed by atoms with van der Waals surface area (Å²) in [6, 6.07) is 7.38. The third-order valence-electron chi connectivity index (χ3n) is 4.69. The lowest BCUT2D eigenvalue weighted by atomic mass is 9.94. The first-order valence-corrected chi connectivity index (χ1v) is 8.71. The number of ether oxygens (including phenoxy) is 1. The van der Waals surface area contributed by atoms with Crippen LogP contribution in [0.5, 0.6) is 0 Å². The van der Waals surface area contributed by atoms with Crippen LogP contribution in [0.2, 0.25) is 0 Å². The Morgan fingerprint density at radius 3 is 2.95 bits per heavy atom. The van der Waals surface area contributed by atoms with Crippen molar-refractivity contribution in [2.45, 2.75) is 50.8 Å². The van der Waals surface area contributed by atoms with Crippen LogP contribution in [0.4, 0.5) is 5.69 Å². The van der Waals surface area contributed by atoms with Crippen LogP contribution in [0.1, 0.15) is 38.2 Å². The molecule has 3 rings (SSSR count). The van der Waals surface area contributed by atoms with Crippen molar-refractivity contribution in [3.05, 3.63) is 28.2 Å². The van der Waals surface area contributed by atoms with E-state index in [0.717, 1.165) is 36.6 Å². The van der Waals surface area contributed by atoms with E-state index >= 15 is 0 Å². The van der Waals surface area contributed by atoms with E-state index in [1.165, 1.54) is 30.5 Å². The first-order chi connectivity index (χ1) is 10.1. The van der Waals surface area contributed by atoms with E-state index in [0.29, 0.717) is 0 Å². The molecule has 0 radical (unpaired) electrons. The van der Waals surface area contributed by atoms with Gasteiger partial charge in [-0.2, -0.15) is 0 Å². The molecule has 0 bridgehead atoms. The summed E-state index contributed by atoms with van der Waals surface area (Å²) in [6.07, 6.45) is 4.99. The molecule has 1 saturated carbocycles. The lowest BCUT2D eigenvalue weighted by Gasteiger charge is -2.41. The average Bonchev–Trinajstić information content (AvgIpc) is 3.29. The van der Waals surface area contributed by atoms with Gasteiger partial charge in [0.15, 0.2) is 0 Å². The van der Waals surface area contributed by atoms with Crippen molar-refractivity contribution in [2.24, 2.45) is 0 Å². The van der Waals surface area contributed by atoms with E-state index in [-0.39, 0.29) is 5.60 Å². The van der Waals surface area contributed by atoms with Crippen LogP contribution >= 0.6 is 15.9 Å². The van der Waals surface area contributed by atoms with Crippen LogP contribution in [0.3, 0.4) is 0 Å². The summed E-state index contributed by atoms with van der Waals surface area (Å²) in [5.41, 5.74) is 2.72. The quantitative estimate of drug-likeness (QED) is 0.874. The Bertz CT molecular complexity index is 504. The highest BCUT2D eigenvalue weighted by Gasteiger charge is 2.31. The van der Waals surface area contributed by atoms with E-state index in [9.17, 15) is 0 Å². The Hall–Kier alpha value is -0.580. The van der Waals surface area contributed by atoms with Crippen LogP contribution in [0.15, 0.2) is 22.7 Å². The molecule has 1 aromatic rings. The second kappa shape index (κ2) is 6.27. The van der Waals surface area contributed by atoms with Gasteiger partial charge in [0.25, 0.3) is 0 Å². The average molecular weight is 353 g/mol. The smallest absolute Gasteiger partial charge is 0.0825 e. The molecule has 1 N–H and O–H groups in total. The van der Waals surface area contributed by atoms with Gasteiger partial charge in [0.1, 0.15) is 0 Å². The Morgan fingerprint density at radius 1 is 1.43 bits per heavy atom. The van der Waals surface area contributed by atoms with Crippen LogP contribution in [-0.2, 0) is 11.3 Å². The molecule has 1 heterocycles. The van der Waals surface area contributed by atoms with Gasteiger partial charge in [-0.3, -0.25) is 0 Å². The Labute approximate surface area is 136 Å². The van der Waals surface area contributed by atoms with Gasteiger partial charge >= 0.3 is 0 Å². The molecular weight excluding hydrogens is 328 g/mol. The monoisotopic (exact) mass is 352 g/mol. The second-order valence-electron chi connectivity index (χ2n) is 6.61. The molecule has 1 atom stereocenters. The Balaban J connectivity index is 1.79. The summed E-state index contributed by atoms with van der Waals surface area (Å²) >= 11 is 3.61. The van der Waals surface area contributed by atoms with Gasteiger partial charge in [-0.25, -0.2) is 0 Å². The van der Waals surface area contributed by atoms with Gasteiger partial charge in [0.2, 0.25) is 0 Å². The van der Waals surface area contributed by atoms with Gasteiger partial charge in [0.05, 0.1) is 5.60 Å². The Morgan fingerprint density at radius 2 is 2.24 bits per heavy atom. The minimum Gasteiger partial charge on any atom is -0.377 e. The molecule has 2 aliphatic rings. The summed E-state index contributed by atoms with van der Waals surface area (Å²) in [5, 5.41) is 3.64. The van der Waals surface area contributed by atoms with Gasteiger partial charge in [-0.1, -0.05) is 15.9 Å². The molecular formula is C17H25BrN2O. The van der Waals surface area contributed by atoms with Crippen molar-refractivity contribution >= 4 is 21.6 Å². The van der Waals surface area contributed by atoms with E-state index in [1.54, 1.807) is 0 Å². The fraction of sp³-hybridized carbons (Fsp3) is 0.647. The number of nitrogens with zero attached hydrogens (tertiary/aromatic N) is 1. The number of methoxy groups -OCH3 is 1. The fourth-order valence-corrected chi connectivity index (χ4v) is 3.53. The van der Waals surface area contributed by atoms with Crippen LogP contribution in [0.25, 0.3) is 0 Å². The molecule has 2 fully saturated rings. The van der Waals surface area contributed by atoms with Gasteiger partial charge in [-0.05, 0) is 56.4 Å². The zero-order valence-corrected chi connectivity index (χ0v) is 14.6. The fourth-order valence-electron chi connectivity index (χ4n) is 3.12. The maximum atomic E-state index is 5.74. The van der Waals surface area contributed by atoms with Crippen LogP contribution in [-0.4, -0.2) is 31.8 Å². The van der Waals surface area contributed by atoms with Crippen LogP contribution < -0.4 is 10.2 Å². The highest BCUT2D eigenvalue weighted by atomic mass is 79.9. The van der Waals surface area contributed by atoms with Crippen molar-refractivity contribution in [3.63, 3.8) is 0 Å². The molecule has 1 aromatic carbocycles. The predicted octanol–water partition coefficient (Wildman–Crippen LogP) is 3.71. The SMILES string of the molecule is COC1(C)CCCN(c2ccc(Br)cc2CNC2CC2)C1. The first-order valence-electron chi connectivity index (χ1n) is 7.91. The summed E-state index contributed by atoms with van der Waals surface area (Å²) in [5.74, 6) is 0. The summed E-state index contributed by atoms with van der Waals surface area (Å²) in [4.78, 5) is 2.49. The standard InChI is InChI=1S/C17H25BrN2O/c1-17(21-2)8-3-9-20(12-17)16-7-4-14(18)10-13(16)11-19-15-5-6-15/h4,7,10,15,19H,3,5-6,8-9,11-12H2,1-2H3. The normalized spacial score (nSPS) is 26.1. The molecule has 4 heteroatoms. The minimum atomic E-state index is -0.0213. The van der Waals surface area contributed by atoms with E-state index in [1.807, 2.05) is 7.11 Å². The highest BCUT2D eigenvalue weighted by Crippen LogP contribution is 2.32. The number of hydrogen-bond acceptors (Lipinski definition) is 3. The third kappa shape index (κ3) is 3.79. The Kier molecular flexibility index (Phi) is 4.57. The molecule has 1 unspecified atom stereocenters. The number of hydrogen-bond donors (Lipinski definition) is 1. The predicted molar refractivity (Wildman–Crippen MR) is 90.9 cm³/mol. The number of anilines is 1. The molecule has 21 heavy (non-hydrogen) atoms. The number of nitrogens with one attached hydrogen (secondary N) is 1. The zero-order chi connectivity index (χ0) is 14.9. The second-order valence-corrected chi connectivity index (χ2v) is 7.52. The first kappa shape index (κ1) is 15.3. The summed E-state index contributed by atoms with van der Waals surface area (Å²) < 4.78 is 6.89. The molecule has 0 aromatic heterocycles. The van der Waals surface area contributed by atoms with Gasteiger partial charge < -0.3 is 15.0 Å². The van der Waals surface area contributed by atoms with Crippen LogP contribution in [0, 0.1) is 0 Å². The largest absolute Gasteiger partial charge is 0.377 e. The third-order valence-corrected chi connectivity index (χ3v) is 5.19. The molecule has 1 aliphatic heterocycles. The van der Waals surface area contributed by atoms with Gasteiger partial charge in [0, 0.05) is 42.9 Å². The van der Waals surface area contributed by atoms with Crippen molar-refractivity contribution < 1.29 is 4.74 Å². The topological polar surface area (TPSA) is 24.5 Å². The highest BCUT2D eigenvalue weighted by molar-refractivity contribution is 9.10. The van der Waals surface area contributed by atoms with Crippen molar-refractivity contribution in [1.29, 1.82) is 0 Å². The van der Waals surface area contributed by atoms with E-state index in [4.69, 9.17) is 4.74 Å². The lowest BCUT2D eigenvalue weighted by Crippen LogP contribution is -2.47. The molecule has 0 spiro atoms.